The van der Waals surface area contributed by atoms with Gasteiger partial charge < -0.3 is 5.32 Å². The van der Waals surface area contributed by atoms with Crippen molar-refractivity contribution in [1.82, 2.24) is 15.4 Å². The van der Waals surface area contributed by atoms with Gasteiger partial charge in [-0.25, -0.2) is 0 Å². The minimum atomic E-state index is -0.245. The lowest BCUT2D eigenvalue weighted by Crippen LogP contribution is -2.08. The molecular formula is C15H11ClN4O. The fraction of sp³-hybridized carbons (Fsp3) is 0. The minimum absolute atomic E-state index is 0.245. The van der Waals surface area contributed by atoms with Crippen molar-refractivity contribution in [2.45, 2.75) is 0 Å². The van der Waals surface area contributed by atoms with Gasteiger partial charge in [0.05, 0.1) is 10.7 Å². The number of aromatic amines is 1. The number of halogens is 1. The monoisotopic (exact) mass is 298 g/mol. The van der Waals surface area contributed by atoms with E-state index in [1.54, 1.807) is 18.2 Å². The normalized spacial score (nSPS) is 11.1. The first-order valence-corrected chi connectivity index (χ1v) is 6.65. The van der Waals surface area contributed by atoms with Crippen LogP contribution < -0.4 is 5.32 Å². The standard InChI is InChI=1S/C15H11ClN4O/c16-11-7-8-12(15-14(11)18-20-19-15)17-13(21)9-6-10-4-2-1-3-5-10/h1-9H,(H,17,21)(H,18,19,20). The van der Waals surface area contributed by atoms with E-state index in [0.717, 1.165) is 5.56 Å². The predicted octanol–water partition coefficient (Wildman–Crippen LogP) is 3.26. The molecule has 1 heterocycles. The molecule has 1 amide bonds. The average molecular weight is 299 g/mol. The largest absolute Gasteiger partial charge is 0.320 e. The third-order valence-electron chi connectivity index (χ3n) is 2.91. The molecule has 21 heavy (non-hydrogen) atoms. The van der Waals surface area contributed by atoms with E-state index in [1.165, 1.54) is 6.08 Å². The number of nitrogens with zero attached hydrogens (tertiary/aromatic N) is 2. The summed E-state index contributed by atoms with van der Waals surface area (Å²) in [5.41, 5.74) is 2.58. The molecule has 0 spiro atoms. The third-order valence-corrected chi connectivity index (χ3v) is 3.22. The van der Waals surface area contributed by atoms with Crippen molar-refractivity contribution < 1.29 is 4.79 Å². The Kier molecular flexibility index (Phi) is 3.66. The van der Waals surface area contributed by atoms with E-state index < -0.39 is 0 Å². The molecule has 104 valence electrons. The van der Waals surface area contributed by atoms with E-state index in [1.807, 2.05) is 30.3 Å². The summed E-state index contributed by atoms with van der Waals surface area (Å²) in [7, 11) is 0. The zero-order chi connectivity index (χ0) is 14.7. The van der Waals surface area contributed by atoms with Crippen LogP contribution in [0.1, 0.15) is 5.56 Å². The first-order chi connectivity index (χ1) is 10.2. The summed E-state index contributed by atoms with van der Waals surface area (Å²) >= 11 is 6.00. The van der Waals surface area contributed by atoms with Gasteiger partial charge >= 0.3 is 0 Å². The Labute approximate surface area is 125 Å². The van der Waals surface area contributed by atoms with Gasteiger partial charge in [-0.1, -0.05) is 41.9 Å². The molecule has 0 unspecified atom stereocenters. The first kappa shape index (κ1) is 13.3. The fourth-order valence-electron chi connectivity index (χ4n) is 1.91. The Bertz CT molecular complexity index is 811. The maximum absolute atomic E-state index is 11.9. The van der Waals surface area contributed by atoms with Crippen LogP contribution in [0.15, 0.2) is 48.5 Å². The lowest BCUT2D eigenvalue weighted by Gasteiger charge is -2.03. The summed E-state index contributed by atoms with van der Waals surface area (Å²) in [6.07, 6.45) is 3.21. The second kappa shape index (κ2) is 5.76. The molecule has 0 aliphatic rings. The summed E-state index contributed by atoms with van der Waals surface area (Å²) in [6, 6.07) is 13.0. The van der Waals surface area contributed by atoms with Gasteiger partial charge in [0.25, 0.3) is 0 Å². The van der Waals surface area contributed by atoms with Crippen LogP contribution in [0.4, 0.5) is 5.69 Å². The number of H-pyrrole nitrogens is 1. The van der Waals surface area contributed by atoms with Crippen molar-refractivity contribution in [2.75, 3.05) is 5.32 Å². The van der Waals surface area contributed by atoms with Gasteiger partial charge in [0.2, 0.25) is 5.91 Å². The molecule has 3 rings (SSSR count). The molecule has 3 aromatic rings. The van der Waals surface area contributed by atoms with Gasteiger partial charge in [-0.2, -0.15) is 15.4 Å². The van der Waals surface area contributed by atoms with Crippen LogP contribution in [0.3, 0.4) is 0 Å². The van der Waals surface area contributed by atoms with Gasteiger partial charge in [-0.3, -0.25) is 4.79 Å². The number of hydrogen-bond acceptors (Lipinski definition) is 3. The number of aromatic nitrogens is 3. The highest BCUT2D eigenvalue weighted by molar-refractivity contribution is 6.35. The summed E-state index contributed by atoms with van der Waals surface area (Å²) in [6.45, 7) is 0. The van der Waals surface area contributed by atoms with Crippen LogP contribution in [0.25, 0.3) is 17.1 Å². The Morgan fingerprint density at radius 2 is 1.86 bits per heavy atom. The summed E-state index contributed by atoms with van der Waals surface area (Å²) in [5, 5.41) is 13.7. The second-order valence-corrected chi connectivity index (χ2v) is 4.76. The SMILES string of the molecule is O=C(C=Cc1ccccc1)Nc1ccc(Cl)c2n[nH]nc12. The topological polar surface area (TPSA) is 70.7 Å². The zero-order valence-electron chi connectivity index (χ0n) is 10.9. The van der Waals surface area contributed by atoms with E-state index in [2.05, 4.69) is 20.7 Å². The van der Waals surface area contributed by atoms with Gasteiger partial charge in [0.1, 0.15) is 11.0 Å². The molecule has 0 saturated heterocycles. The van der Waals surface area contributed by atoms with Crippen LogP contribution in [-0.4, -0.2) is 21.3 Å². The highest BCUT2D eigenvalue weighted by atomic mass is 35.5. The maximum Gasteiger partial charge on any atom is 0.248 e. The number of anilines is 1. The summed E-state index contributed by atoms with van der Waals surface area (Å²) in [5.74, 6) is -0.245. The predicted molar refractivity (Wildman–Crippen MR) is 83.0 cm³/mol. The van der Waals surface area contributed by atoms with Crippen LogP contribution in [0.2, 0.25) is 5.02 Å². The van der Waals surface area contributed by atoms with Crippen LogP contribution in [0, 0.1) is 0 Å². The molecule has 6 heteroatoms. The minimum Gasteiger partial charge on any atom is -0.320 e. The van der Waals surface area contributed by atoms with Gasteiger partial charge in [-0.15, -0.1) is 0 Å². The van der Waals surface area contributed by atoms with Crippen molar-refractivity contribution in [2.24, 2.45) is 0 Å². The van der Waals surface area contributed by atoms with Crippen molar-refractivity contribution in [1.29, 1.82) is 0 Å². The van der Waals surface area contributed by atoms with Gasteiger partial charge in [-0.05, 0) is 23.8 Å². The number of benzene rings is 2. The molecule has 0 atom stereocenters. The molecular weight excluding hydrogens is 288 g/mol. The molecule has 0 aliphatic carbocycles. The van der Waals surface area contributed by atoms with Crippen molar-refractivity contribution in [3.63, 3.8) is 0 Å². The van der Waals surface area contributed by atoms with E-state index in [9.17, 15) is 4.79 Å². The number of carbonyl (C=O) groups is 1. The smallest absolute Gasteiger partial charge is 0.248 e. The molecule has 0 fully saturated rings. The molecule has 1 aromatic heterocycles. The van der Waals surface area contributed by atoms with Crippen LogP contribution in [0.5, 0.6) is 0 Å². The number of carbonyl (C=O) groups excluding carboxylic acids is 1. The van der Waals surface area contributed by atoms with Crippen molar-refractivity contribution >= 4 is 40.3 Å². The molecule has 0 radical (unpaired) electrons. The quantitative estimate of drug-likeness (QED) is 0.729. The van der Waals surface area contributed by atoms with Crippen LogP contribution >= 0.6 is 11.6 Å². The molecule has 0 bridgehead atoms. The number of nitrogens with one attached hydrogen (secondary N) is 2. The number of rotatable bonds is 3. The lowest BCUT2D eigenvalue weighted by atomic mass is 10.2. The summed E-state index contributed by atoms with van der Waals surface area (Å²) < 4.78 is 0. The van der Waals surface area contributed by atoms with E-state index >= 15 is 0 Å². The molecule has 5 nitrogen and oxygen atoms in total. The first-order valence-electron chi connectivity index (χ1n) is 6.27. The van der Waals surface area contributed by atoms with Crippen molar-refractivity contribution in [3.8, 4) is 0 Å². The Morgan fingerprint density at radius 3 is 2.67 bits per heavy atom. The average Bonchev–Trinajstić information content (AvgIpc) is 3.00. The second-order valence-electron chi connectivity index (χ2n) is 4.35. The van der Waals surface area contributed by atoms with E-state index in [-0.39, 0.29) is 5.91 Å². The summed E-state index contributed by atoms with van der Waals surface area (Å²) in [4.78, 5) is 11.9. The number of hydrogen-bond donors (Lipinski definition) is 2. The third kappa shape index (κ3) is 2.93. The molecule has 2 N–H and O–H groups in total. The Balaban J connectivity index is 1.79. The molecule has 0 aliphatic heterocycles. The van der Waals surface area contributed by atoms with Crippen LogP contribution in [-0.2, 0) is 4.79 Å². The van der Waals surface area contributed by atoms with E-state index in [4.69, 9.17) is 11.6 Å². The molecule has 2 aromatic carbocycles. The zero-order valence-corrected chi connectivity index (χ0v) is 11.6. The van der Waals surface area contributed by atoms with Gasteiger partial charge in [0, 0.05) is 6.08 Å². The number of fused-ring (bicyclic) bond motifs is 1. The Hall–Kier alpha value is -2.66. The van der Waals surface area contributed by atoms with E-state index in [0.29, 0.717) is 21.7 Å². The molecule has 0 saturated carbocycles. The van der Waals surface area contributed by atoms with Crippen molar-refractivity contribution in [3.05, 3.63) is 59.1 Å². The lowest BCUT2D eigenvalue weighted by molar-refractivity contribution is -0.111. The highest BCUT2D eigenvalue weighted by Gasteiger charge is 2.10. The fourth-order valence-corrected chi connectivity index (χ4v) is 2.11. The number of amides is 1. The van der Waals surface area contributed by atoms with Gasteiger partial charge in [0.15, 0.2) is 0 Å². The highest BCUT2D eigenvalue weighted by Crippen LogP contribution is 2.26. The maximum atomic E-state index is 11.9. The Morgan fingerprint density at radius 1 is 1.10 bits per heavy atom.